The molecule has 1 aliphatic heterocycles. The second kappa shape index (κ2) is 16.7. The van der Waals surface area contributed by atoms with Crippen molar-refractivity contribution in [3.8, 4) is 0 Å². The number of phosphoric ester groups is 1. The first-order valence-corrected chi connectivity index (χ1v) is 13.2. The maximum Gasteiger partial charge on any atom is 0.475 e. The van der Waals surface area contributed by atoms with Crippen molar-refractivity contribution in [3.63, 3.8) is 0 Å². The maximum atomic E-state index is 14.3. The molecule has 174 valence electrons. The summed E-state index contributed by atoms with van der Waals surface area (Å²) in [4.78, 5) is 0. The molecule has 5 nitrogen and oxygen atoms in total. The molecule has 1 aliphatic rings. The highest BCUT2D eigenvalue weighted by Crippen LogP contribution is 2.53. The normalized spacial score (nSPS) is 18.2. The summed E-state index contributed by atoms with van der Waals surface area (Å²) in [6.07, 6.45) is 18.3. The van der Waals surface area contributed by atoms with Crippen molar-refractivity contribution >= 4 is 7.82 Å². The van der Waals surface area contributed by atoms with E-state index >= 15 is 0 Å². The minimum absolute atomic E-state index is 0.0779. The van der Waals surface area contributed by atoms with Gasteiger partial charge in [0.1, 0.15) is 0 Å². The van der Waals surface area contributed by atoms with E-state index in [1.54, 1.807) is 0 Å². The fraction of sp³-hybridized carbons (Fsp3) is 1.00. The van der Waals surface area contributed by atoms with Gasteiger partial charge in [-0.2, -0.15) is 0 Å². The minimum Gasteiger partial charge on any atom is -0.378 e. The molecule has 1 fully saturated rings. The van der Waals surface area contributed by atoms with E-state index in [2.05, 4.69) is 6.92 Å². The van der Waals surface area contributed by atoms with E-state index in [1.807, 2.05) is 0 Å². The molecule has 29 heavy (non-hydrogen) atoms. The zero-order valence-electron chi connectivity index (χ0n) is 18.8. The molecule has 1 saturated heterocycles. The summed E-state index contributed by atoms with van der Waals surface area (Å²) in [5.41, 5.74) is -1.71. The van der Waals surface area contributed by atoms with Crippen LogP contribution in [0, 0.1) is 0 Å². The van der Waals surface area contributed by atoms with Gasteiger partial charge in [-0.3, -0.25) is 13.6 Å². The largest absolute Gasteiger partial charge is 0.475 e. The van der Waals surface area contributed by atoms with Crippen molar-refractivity contribution in [3.05, 3.63) is 0 Å². The molecule has 1 rings (SSSR count). The number of halogens is 1. The third kappa shape index (κ3) is 15.5. The third-order valence-corrected chi connectivity index (χ3v) is 6.59. The van der Waals surface area contributed by atoms with Gasteiger partial charge >= 0.3 is 7.82 Å². The Morgan fingerprint density at radius 1 is 0.793 bits per heavy atom. The average Bonchev–Trinajstić information content (AvgIpc) is 3.13. The van der Waals surface area contributed by atoms with E-state index in [1.165, 1.54) is 84.0 Å². The molecule has 0 amide bonds. The van der Waals surface area contributed by atoms with Crippen LogP contribution >= 0.6 is 7.82 Å². The van der Waals surface area contributed by atoms with Crippen LogP contribution in [-0.4, -0.2) is 38.7 Å². The van der Waals surface area contributed by atoms with Gasteiger partial charge in [-0.1, -0.05) is 90.4 Å². The molecule has 0 aromatic heterocycles. The number of hydrogen-bond donors (Lipinski definition) is 0. The van der Waals surface area contributed by atoms with E-state index in [0.29, 0.717) is 6.61 Å². The highest BCUT2D eigenvalue weighted by molar-refractivity contribution is 7.48. The zero-order chi connectivity index (χ0) is 21.3. The Morgan fingerprint density at radius 3 is 1.72 bits per heavy atom. The lowest BCUT2D eigenvalue weighted by atomic mass is 10.0. The van der Waals surface area contributed by atoms with Gasteiger partial charge in [0.05, 0.1) is 26.4 Å². The summed E-state index contributed by atoms with van der Waals surface area (Å²) in [6, 6.07) is 0. The third-order valence-electron chi connectivity index (χ3n) is 5.15. The Balaban J connectivity index is 1.81. The summed E-state index contributed by atoms with van der Waals surface area (Å²) in [7, 11) is -3.54. The van der Waals surface area contributed by atoms with Crippen LogP contribution in [0.25, 0.3) is 0 Å². The lowest BCUT2D eigenvalue weighted by molar-refractivity contribution is -0.00954. The predicted molar refractivity (Wildman–Crippen MR) is 116 cm³/mol. The molecule has 0 aromatic carbocycles. The molecular weight excluding hydrogens is 394 g/mol. The summed E-state index contributed by atoms with van der Waals surface area (Å²) in [6.45, 7) is 4.18. The fourth-order valence-corrected chi connectivity index (χ4v) is 4.60. The topological polar surface area (TPSA) is 54.0 Å². The van der Waals surface area contributed by atoms with Crippen LogP contribution in [0.2, 0.25) is 0 Å². The predicted octanol–water partition coefficient (Wildman–Crippen LogP) is 7.38. The van der Waals surface area contributed by atoms with E-state index in [9.17, 15) is 8.96 Å². The van der Waals surface area contributed by atoms with Crippen molar-refractivity contribution in [1.82, 2.24) is 0 Å². The molecule has 0 bridgehead atoms. The first kappa shape index (κ1) is 27.0. The quantitative estimate of drug-likeness (QED) is 0.147. The van der Waals surface area contributed by atoms with Gasteiger partial charge < -0.3 is 4.74 Å². The first-order chi connectivity index (χ1) is 14.0. The molecule has 1 heterocycles. The summed E-state index contributed by atoms with van der Waals surface area (Å²) in [5.74, 6) is 0. The Labute approximate surface area is 178 Å². The van der Waals surface area contributed by atoms with E-state index in [-0.39, 0.29) is 26.4 Å². The number of hydrogen-bond acceptors (Lipinski definition) is 5. The van der Waals surface area contributed by atoms with Crippen molar-refractivity contribution < 1.29 is 27.3 Å². The van der Waals surface area contributed by atoms with Crippen LogP contribution in [0.3, 0.4) is 0 Å². The second-order valence-electron chi connectivity index (χ2n) is 8.45. The molecule has 0 spiro atoms. The zero-order valence-corrected chi connectivity index (χ0v) is 19.7. The molecule has 0 saturated carbocycles. The van der Waals surface area contributed by atoms with Crippen LogP contribution in [0.5, 0.6) is 0 Å². The van der Waals surface area contributed by atoms with E-state index in [0.717, 1.165) is 12.8 Å². The van der Waals surface area contributed by atoms with Crippen LogP contribution in [0.15, 0.2) is 0 Å². The van der Waals surface area contributed by atoms with Gasteiger partial charge in [0, 0.05) is 6.61 Å². The van der Waals surface area contributed by atoms with Crippen LogP contribution in [-0.2, 0) is 22.9 Å². The van der Waals surface area contributed by atoms with Crippen molar-refractivity contribution in [2.45, 2.75) is 109 Å². The molecule has 1 unspecified atom stereocenters. The number of ether oxygens (including phenoxy) is 1. The highest BCUT2D eigenvalue weighted by Gasteiger charge is 2.36. The van der Waals surface area contributed by atoms with E-state index < -0.39 is 13.5 Å². The maximum absolute atomic E-state index is 14.3. The van der Waals surface area contributed by atoms with Gasteiger partial charge in [-0.15, -0.1) is 0 Å². The van der Waals surface area contributed by atoms with Gasteiger partial charge in [0.15, 0.2) is 5.67 Å². The van der Waals surface area contributed by atoms with Gasteiger partial charge in [-0.25, -0.2) is 8.96 Å². The first-order valence-electron chi connectivity index (χ1n) is 11.8. The molecule has 0 radical (unpaired) electrons. The number of phosphoric acid groups is 1. The van der Waals surface area contributed by atoms with E-state index in [4.69, 9.17) is 18.3 Å². The molecule has 7 heteroatoms. The van der Waals surface area contributed by atoms with Crippen LogP contribution < -0.4 is 0 Å². The number of unbranched alkanes of at least 4 members (excludes halogenated alkanes) is 13. The van der Waals surface area contributed by atoms with Crippen LogP contribution in [0.4, 0.5) is 4.39 Å². The lowest BCUT2D eigenvalue weighted by Gasteiger charge is -2.21. The number of rotatable bonds is 20. The molecule has 0 N–H and O–H groups in total. The van der Waals surface area contributed by atoms with Crippen LogP contribution in [0.1, 0.15) is 104 Å². The van der Waals surface area contributed by atoms with Gasteiger partial charge in [-0.05, 0) is 13.3 Å². The van der Waals surface area contributed by atoms with Crippen molar-refractivity contribution in [2.75, 3.05) is 33.0 Å². The monoisotopic (exact) mass is 438 g/mol. The molecule has 0 aliphatic carbocycles. The van der Waals surface area contributed by atoms with Gasteiger partial charge in [0.25, 0.3) is 0 Å². The average molecular weight is 439 g/mol. The Kier molecular flexibility index (Phi) is 15.5. The highest BCUT2D eigenvalue weighted by atomic mass is 31.2. The standard InChI is InChI=1S/C22H44FO5P/c1-3-4-5-6-7-8-9-10-11-12-13-14-15-16-17-25-20-22(2,23)21-28-29(24)26-18-19-27-29/h3-21H2,1-2H3. The van der Waals surface area contributed by atoms with Crippen molar-refractivity contribution in [1.29, 1.82) is 0 Å². The molecule has 1 atom stereocenters. The number of alkyl halides is 1. The SMILES string of the molecule is CCCCCCCCCCCCCCCCOCC(C)(F)COP1(=O)OCCO1. The molecule has 0 aromatic rings. The smallest absolute Gasteiger partial charge is 0.378 e. The summed E-state index contributed by atoms with van der Waals surface area (Å²) in [5, 5.41) is 0. The molecular formula is C22H44FO5P. The Bertz CT molecular complexity index is 423. The Hall–Kier alpha value is -0.0000000000000000416. The Morgan fingerprint density at radius 2 is 1.24 bits per heavy atom. The lowest BCUT2D eigenvalue weighted by Crippen LogP contribution is -2.31. The summed E-state index contributed by atoms with van der Waals surface area (Å²) < 4.78 is 46.3. The summed E-state index contributed by atoms with van der Waals surface area (Å²) >= 11 is 0. The fourth-order valence-electron chi connectivity index (χ4n) is 3.35. The van der Waals surface area contributed by atoms with Gasteiger partial charge in [0.2, 0.25) is 0 Å². The minimum atomic E-state index is -3.54. The second-order valence-corrected chi connectivity index (χ2v) is 10.1. The van der Waals surface area contributed by atoms with Crippen molar-refractivity contribution in [2.24, 2.45) is 0 Å².